The van der Waals surface area contributed by atoms with Crippen molar-refractivity contribution in [2.24, 2.45) is 0 Å². The van der Waals surface area contributed by atoms with Crippen LogP contribution < -0.4 is 10.6 Å². The van der Waals surface area contributed by atoms with Crippen molar-refractivity contribution >= 4 is 23.3 Å². The summed E-state index contributed by atoms with van der Waals surface area (Å²) >= 11 is 0. The maximum atomic E-state index is 12.5. The Balaban J connectivity index is 1.72. The third kappa shape index (κ3) is 4.76. The zero-order chi connectivity index (χ0) is 19.2. The quantitative estimate of drug-likeness (QED) is 0.647. The molecule has 1 aromatic heterocycles. The van der Waals surface area contributed by atoms with Gasteiger partial charge in [0.1, 0.15) is 5.69 Å². The third-order valence-corrected chi connectivity index (χ3v) is 4.06. The molecule has 0 spiro atoms. The van der Waals surface area contributed by atoms with Gasteiger partial charge in [0.15, 0.2) is 5.78 Å². The maximum absolute atomic E-state index is 12.5. The minimum Gasteiger partial charge on any atom is -0.348 e. The summed E-state index contributed by atoms with van der Waals surface area (Å²) in [6.07, 6.45) is 1.54. The number of aromatic nitrogens is 2. The van der Waals surface area contributed by atoms with Crippen LogP contribution in [0.2, 0.25) is 0 Å². The van der Waals surface area contributed by atoms with Crippen molar-refractivity contribution in [3.8, 4) is 0 Å². The number of Topliss-reactive ketones (excluding diaryl/α,β-unsaturated/α-hetero) is 1. The molecule has 3 aromatic rings. The van der Waals surface area contributed by atoms with E-state index in [1.165, 1.54) is 13.1 Å². The highest BCUT2D eigenvalue weighted by atomic mass is 16.2. The standard InChI is InChI=1S/C21H20N4O2/c1-14(16-7-4-3-5-8-16)23-21-22-12-11-19(25-21)20(27)24-18-10-6-9-17(13-18)15(2)26/h3-14H,1-2H3,(H,24,27)(H,22,23,25). The fourth-order valence-corrected chi connectivity index (χ4v) is 2.58. The molecular formula is C21H20N4O2. The van der Waals surface area contributed by atoms with Gasteiger partial charge in [0.2, 0.25) is 5.95 Å². The van der Waals surface area contributed by atoms with E-state index in [9.17, 15) is 9.59 Å². The largest absolute Gasteiger partial charge is 0.348 e. The van der Waals surface area contributed by atoms with E-state index in [1.54, 1.807) is 30.3 Å². The number of ketones is 1. The fourth-order valence-electron chi connectivity index (χ4n) is 2.58. The Hall–Kier alpha value is -3.54. The Labute approximate surface area is 157 Å². The van der Waals surface area contributed by atoms with E-state index in [2.05, 4.69) is 20.6 Å². The maximum Gasteiger partial charge on any atom is 0.274 e. The second kappa shape index (κ2) is 8.23. The van der Waals surface area contributed by atoms with E-state index in [-0.39, 0.29) is 23.4 Å². The number of hydrogen-bond donors (Lipinski definition) is 2. The van der Waals surface area contributed by atoms with Crippen LogP contribution in [0.25, 0.3) is 0 Å². The SMILES string of the molecule is CC(=O)c1cccc(NC(=O)c2ccnc(NC(C)c3ccccc3)n2)c1. The van der Waals surface area contributed by atoms with Crippen LogP contribution in [-0.4, -0.2) is 21.7 Å². The summed E-state index contributed by atoms with van der Waals surface area (Å²) in [5.74, 6) is -0.0560. The van der Waals surface area contributed by atoms with Gasteiger partial charge in [-0.3, -0.25) is 9.59 Å². The lowest BCUT2D eigenvalue weighted by Gasteiger charge is -2.14. The summed E-state index contributed by atoms with van der Waals surface area (Å²) in [7, 11) is 0. The van der Waals surface area contributed by atoms with Gasteiger partial charge >= 0.3 is 0 Å². The van der Waals surface area contributed by atoms with Gasteiger partial charge in [0.05, 0.1) is 6.04 Å². The molecule has 136 valence electrons. The minimum absolute atomic E-state index is 0.00300. The highest BCUT2D eigenvalue weighted by molar-refractivity contribution is 6.04. The van der Waals surface area contributed by atoms with Crippen LogP contribution in [-0.2, 0) is 0 Å². The number of hydrogen-bond acceptors (Lipinski definition) is 5. The normalized spacial score (nSPS) is 11.5. The van der Waals surface area contributed by atoms with Gasteiger partial charge < -0.3 is 10.6 Å². The van der Waals surface area contributed by atoms with E-state index >= 15 is 0 Å². The van der Waals surface area contributed by atoms with Crippen molar-refractivity contribution in [3.05, 3.63) is 83.7 Å². The minimum atomic E-state index is -0.367. The molecule has 0 fully saturated rings. The van der Waals surface area contributed by atoms with E-state index < -0.39 is 0 Å². The number of carbonyl (C=O) groups excluding carboxylic acids is 2. The summed E-state index contributed by atoms with van der Waals surface area (Å²) in [5, 5.41) is 5.95. The monoisotopic (exact) mass is 360 g/mol. The van der Waals surface area contributed by atoms with E-state index in [4.69, 9.17) is 0 Å². The molecule has 0 aliphatic heterocycles. The molecule has 0 saturated carbocycles. The van der Waals surface area contributed by atoms with Crippen molar-refractivity contribution in [1.29, 1.82) is 0 Å². The van der Waals surface area contributed by atoms with E-state index in [0.29, 0.717) is 17.2 Å². The zero-order valence-electron chi connectivity index (χ0n) is 15.1. The molecular weight excluding hydrogens is 340 g/mol. The molecule has 1 unspecified atom stereocenters. The van der Waals surface area contributed by atoms with Crippen LogP contribution in [0.15, 0.2) is 66.9 Å². The van der Waals surface area contributed by atoms with Crippen LogP contribution in [0.1, 0.15) is 46.3 Å². The molecule has 1 atom stereocenters. The van der Waals surface area contributed by atoms with Gasteiger partial charge in [-0.15, -0.1) is 0 Å². The molecule has 0 aliphatic carbocycles. The Morgan fingerprint density at radius 1 is 1.00 bits per heavy atom. The Bertz CT molecular complexity index is 957. The molecule has 6 nitrogen and oxygen atoms in total. The van der Waals surface area contributed by atoms with Crippen LogP contribution >= 0.6 is 0 Å². The summed E-state index contributed by atoms with van der Waals surface area (Å²) in [5.41, 5.74) is 2.41. The number of anilines is 2. The predicted molar refractivity (Wildman–Crippen MR) is 105 cm³/mol. The van der Waals surface area contributed by atoms with E-state index in [0.717, 1.165) is 5.56 Å². The van der Waals surface area contributed by atoms with Gasteiger partial charge in [-0.1, -0.05) is 42.5 Å². The molecule has 0 saturated heterocycles. The lowest BCUT2D eigenvalue weighted by molar-refractivity contribution is 0.100. The van der Waals surface area contributed by atoms with Gasteiger partial charge in [-0.2, -0.15) is 0 Å². The first-order valence-electron chi connectivity index (χ1n) is 8.60. The smallest absolute Gasteiger partial charge is 0.274 e. The number of amides is 1. The van der Waals surface area contributed by atoms with Crippen molar-refractivity contribution in [2.45, 2.75) is 19.9 Å². The summed E-state index contributed by atoms with van der Waals surface area (Å²) < 4.78 is 0. The number of nitrogens with zero attached hydrogens (tertiary/aromatic N) is 2. The van der Waals surface area contributed by atoms with Gasteiger partial charge in [-0.25, -0.2) is 9.97 Å². The first-order chi connectivity index (χ1) is 13.0. The molecule has 0 bridgehead atoms. The van der Waals surface area contributed by atoms with Gasteiger partial charge in [0.25, 0.3) is 5.91 Å². The molecule has 2 aromatic carbocycles. The highest BCUT2D eigenvalue weighted by Crippen LogP contribution is 2.17. The van der Waals surface area contributed by atoms with Gasteiger partial charge in [0, 0.05) is 17.4 Å². The Morgan fingerprint density at radius 2 is 1.78 bits per heavy atom. The van der Waals surface area contributed by atoms with Crippen LogP contribution in [0, 0.1) is 0 Å². The molecule has 27 heavy (non-hydrogen) atoms. The summed E-state index contributed by atoms with van der Waals surface area (Å²) in [6.45, 7) is 3.48. The van der Waals surface area contributed by atoms with Gasteiger partial charge in [-0.05, 0) is 37.6 Å². The summed E-state index contributed by atoms with van der Waals surface area (Å²) in [6, 6.07) is 18.2. The third-order valence-electron chi connectivity index (χ3n) is 4.06. The molecule has 3 rings (SSSR count). The van der Waals surface area contributed by atoms with Crippen molar-refractivity contribution in [1.82, 2.24) is 9.97 Å². The zero-order valence-corrected chi connectivity index (χ0v) is 15.1. The summed E-state index contributed by atoms with van der Waals surface area (Å²) in [4.78, 5) is 32.4. The van der Waals surface area contributed by atoms with Crippen LogP contribution in [0.5, 0.6) is 0 Å². The van der Waals surface area contributed by atoms with Crippen molar-refractivity contribution in [2.75, 3.05) is 10.6 Å². The predicted octanol–water partition coefficient (Wildman–Crippen LogP) is 4.10. The number of benzene rings is 2. The molecule has 6 heteroatoms. The first-order valence-corrected chi connectivity index (χ1v) is 8.60. The van der Waals surface area contributed by atoms with Crippen LogP contribution in [0.4, 0.5) is 11.6 Å². The number of rotatable bonds is 6. The first kappa shape index (κ1) is 18.3. The second-order valence-corrected chi connectivity index (χ2v) is 6.13. The highest BCUT2D eigenvalue weighted by Gasteiger charge is 2.12. The number of carbonyl (C=O) groups is 2. The Morgan fingerprint density at radius 3 is 2.52 bits per heavy atom. The van der Waals surface area contributed by atoms with Crippen molar-refractivity contribution in [3.63, 3.8) is 0 Å². The van der Waals surface area contributed by atoms with Crippen LogP contribution in [0.3, 0.4) is 0 Å². The lowest BCUT2D eigenvalue weighted by Crippen LogP contribution is -2.16. The van der Waals surface area contributed by atoms with Crippen molar-refractivity contribution < 1.29 is 9.59 Å². The second-order valence-electron chi connectivity index (χ2n) is 6.13. The Kier molecular flexibility index (Phi) is 5.56. The van der Waals surface area contributed by atoms with E-state index in [1.807, 2.05) is 37.3 Å². The molecule has 2 N–H and O–H groups in total. The number of nitrogens with one attached hydrogen (secondary N) is 2. The topological polar surface area (TPSA) is 84.0 Å². The molecule has 0 radical (unpaired) electrons. The molecule has 0 aliphatic rings. The molecule has 1 heterocycles. The lowest BCUT2D eigenvalue weighted by atomic mass is 10.1. The average molecular weight is 360 g/mol. The average Bonchev–Trinajstić information content (AvgIpc) is 2.69. The molecule has 1 amide bonds. The fraction of sp³-hybridized carbons (Fsp3) is 0.143.